The van der Waals surface area contributed by atoms with Gasteiger partial charge in [-0.2, -0.15) is 13.2 Å². The van der Waals surface area contributed by atoms with E-state index in [9.17, 15) is 13.2 Å². The normalized spacial score (nSPS) is 11.9. The lowest BCUT2D eigenvalue weighted by molar-refractivity contribution is -0.139. The lowest BCUT2D eigenvalue weighted by Gasteiger charge is -2.15. The second-order valence-electron chi connectivity index (χ2n) is 4.12. The monoisotopic (exact) mass is 263 g/mol. The van der Waals surface area contributed by atoms with Crippen LogP contribution in [-0.2, 0) is 10.9 Å². The summed E-state index contributed by atoms with van der Waals surface area (Å²) in [5.74, 6) is -0.421. The first-order chi connectivity index (χ1) is 8.36. The van der Waals surface area contributed by atoms with E-state index < -0.39 is 17.6 Å². The molecule has 18 heavy (non-hydrogen) atoms. The van der Waals surface area contributed by atoms with Gasteiger partial charge in [-0.3, -0.25) is 0 Å². The minimum Gasteiger partial charge on any atom is -0.475 e. The van der Waals surface area contributed by atoms with Crippen molar-refractivity contribution in [2.24, 2.45) is 0 Å². The molecule has 0 spiro atoms. The number of ether oxygens (including phenoxy) is 2. The van der Waals surface area contributed by atoms with E-state index in [0.717, 1.165) is 6.07 Å². The molecule has 6 heteroatoms. The first-order valence-electron chi connectivity index (χ1n) is 5.55. The number of rotatable bonds is 5. The van der Waals surface area contributed by atoms with E-state index in [1.54, 1.807) is 0 Å². The maximum Gasteiger partial charge on any atom is 0.421 e. The predicted octanol–water partition coefficient (Wildman–Crippen LogP) is 3.25. The van der Waals surface area contributed by atoms with E-state index >= 15 is 0 Å². The van der Waals surface area contributed by atoms with Crippen molar-refractivity contribution in [2.45, 2.75) is 25.9 Å². The summed E-state index contributed by atoms with van der Waals surface area (Å²) in [6.45, 7) is 3.86. The van der Waals surface area contributed by atoms with Gasteiger partial charge in [-0.1, -0.05) is 13.8 Å². The lowest BCUT2D eigenvalue weighted by Crippen LogP contribution is -2.13. The van der Waals surface area contributed by atoms with Crippen LogP contribution in [0.15, 0.2) is 12.3 Å². The largest absolute Gasteiger partial charge is 0.475 e. The molecule has 0 aliphatic rings. The molecule has 0 saturated carbocycles. The second kappa shape index (κ2) is 6.04. The fraction of sp³-hybridized carbons (Fsp3) is 0.583. The van der Waals surface area contributed by atoms with Gasteiger partial charge >= 0.3 is 6.18 Å². The van der Waals surface area contributed by atoms with E-state index in [1.807, 2.05) is 13.8 Å². The summed E-state index contributed by atoms with van der Waals surface area (Å²) < 4.78 is 48.2. The summed E-state index contributed by atoms with van der Waals surface area (Å²) >= 11 is 0. The molecule has 0 atom stereocenters. The van der Waals surface area contributed by atoms with Crippen molar-refractivity contribution in [1.29, 1.82) is 0 Å². The van der Waals surface area contributed by atoms with Crippen molar-refractivity contribution < 1.29 is 22.6 Å². The topological polar surface area (TPSA) is 31.4 Å². The molecule has 1 aromatic rings. The van der Waals surface area contributed by atoms with Gasteiger partial charge in [0.05, 0.1) is 6.61 Å². The van der Waals surface area contributed by atoms with Gasteiger partial charge in [-0.05, 0) is 17.5 Å². The van der Waals surface area contributed by atoms with Crippen LogP contribution in [0, 0.1) is 0 Å². The maximum atomic E-state index is 12.8. The molecule has 0 N–H and O–H groups in total. The molecular formula is C12H16F3NO2. The zero-order chi connectivity index (χ0) is 13.8. The third kappa shape index (κ3) is 3.87. The summed E-state index contributed by atoms with van der Waals surface area (Å²) in [6, 6.07) is 1.08. The zero-order valence-corrected chi connectivity index (χ0v) is 10.5. The lowest BCUT2D eigenvalue weighted by atomic mass is 10.0. The molecule has 0 fully saturated rings. The number of halogens is 3. The van der Waals surface area contributed by atoms with Crippen LogP contribution in [0.3, 0.4) is 0 Å². The minimum absolute atomic E-state index is 0.0216. The standard InChI is InChI=1S/C12H16F3NO2/c1-8(2)9-6-10(12(13,14)15)11(16-7-9)18-5-4-17-3/h6-8H,4-5H2,1-3H3. The number of hydrogen-bond acceptors (Lipinski definition) is 3. The number of hydrogen-bond donors (Lipinski definition) is 0. The highest BCUT2D eigenvalue weighted by molar-refractivity contribution is 5.33. The molecule has 0 unspecified atom stereocenters. The smallest absolute Gasteiger partial charge is 0.421 e. The number of alkyl halides is 3. The number of methoxy groups -OCH3 is 1. The highest BCUT2D eigenvalue weighted by Gasteiger charge is 2.35. The SMILES string of the molecule is COCCOc1ncc(C(C)C)cc1C(F)(F)F. The van der Waals surface area contributed by atoms with Crippen molar-refractivity contribution in [2.75, 3.05) is 20.3 Å². The van der Waals surface area contributed by atoms with Crippen LogP contribution in [0.25, 0.3) is 0 Å². The first-order valence-corrected chi connectivity index (χ1v) is 5.55. The Morgan fingerprint density at radius 1 is 1.28 bits per heavy atom. The molecule has 0 aliphatic carbocycles. The molecule has 1 aromatic heterocycles. The summed E-state index contributed by atoms with van der Waals surface area (Å²) in [4.78, 5) is 3.74. The summed E-state index contributed by atoms with van der Waals surface area (Å²) in [6.07, 6.45) is -3.07. The van der Waals surface area contributed by atoms with Gasteiger partial charge in [0, 0.05) is 13.3 Å². The Balaban J connectivity index is 3.02. The number of aromatic nitrogens is 1. The third-order valence-electron chi connectivity index (χ3n) is 2.37. The summed E-state index contributed by atoms with van der Waals surface area (Å²) in [7, 11) is 1.45. The van der Waals surface area contributed by atoms with Gasteiger partial charge in [-0.15, -0.1) is 0 Å². The summed E-state index contributed by atoms with van der Waals surface area (Å²) in [5, 5.41) is 0. The third-order valence-corrected chi connectivity index (χ3v) is 2.37. The molecular weight excluding hydrogens is 247 g/mol. The molecule has 0 saturated heterocycles. The summed E-state index contributed by atoms with van der Waals surface area (Å²) in [5.41, 5.74) is -0.314. The highest BCUT2D eigenvalue weighted by atomic mass is 19.4. The van der Waals surface area contributed by atoms with E-state index in [-0.39, 0.29) is 19.1 Å². The number of nitrogens with zero attached hydrogens (tertiary/aromatic N) is 1. The second-order valence-corrected chi connectivity index (χ2v) is 4.12. The Bertz CT molecular complexity index is 391. The van der Waals surface area contributed by atoms with Gasteiger partial charge in [0.25, 0.3) is 0 Å². The molecule has 0 aliphatic heterocycles. The Labute approximate surface area is 104 Å². The van der Waals surface area contributed by atoms with Gasteiger partial charge < -0.3 is 9.47 Å². The molecule has 1 heterocycles. The van der Waals surface area contributed by atoms with Crippen molar-refractivity contribution in [1.82, 2.24) is 4.98 Å². The zero-order valence-electron chi connectivity index (χ0n) is 10.5. The van der Waals surface area contributed by atoms with Crippen molar-refractivity contribution in [3.63, 3.8) is 0 Å². The van der Waals surface area contributed by atoms with Crippen molar-refractivity contribution >= 4 is 0 Å². The van der Waals surface area contributed by atoms with Crippen LogP contribution in [0.2, 0.25) is 0 Å². The van der Waals surface area contributed by atoms with Crippen LogP contribution in [0.4, 0.5) is 13.2 Å². The first kappa shape index (κ1) is 14.8. The average molecular weight is 263 g/mol. The van der Waals surface area contributed by atoms with Crippen LogP contribution in [0.5, 0.6) is 5.88 Å². The van der Waals surface area contributed by atoms with E-state index in [4.69, 9.17) is 9.47 Å². The van der Waals surface area contributed by atoms with Crippen molar-refractivity contribution in [3.8, 4) is 5.88 Å². The maximum absolute atomic E-state index is 12.8. The molecule has 1 rings (SSSR count). The van der Waals surface area contributed by atoms with Crippen molar-refractivity contribution in [3.05, 3.63) is 23.4 Å². The van der Waals surface area contributed by atoms with E-state index in [2.05, 4.69) is 4.98 Å². The van der Waals surface area contributed by atoms with Crippen LogP contribution in [0.1, 0.15) is 30.9 Å². The average Bonchev–Trinajstić information content (AvgIpc) is 2.28. The van der Waals surface area contributed by atoms with Crippen LogP contribution < -0.4 is 4.74 Å². The predicted molar refractivity (Wildman–Crippen MR) is 60.7 cm³/mol. The molecule has 3 nitrogen and oxygen atoms in total. The molecule has 0 radical (unpaired) electrons. The Morgan fingerprint density at radius 3 is 2.44 bits per heavy atom. The highest BCUT2D eigenvalue weighted by Crippen LogP contribution is 2.36. The van der Waals surface area contributed by atoms with Gasteiger partial charge in [-0.25, -0.2) is 4.98 Å². The van der Waals surface area contributed by atoms with Gasteiger partial charge in [0.2, 0.25) is 5.88 Å². The molecule has 102 valence electrons. The van der Waals surface area contributed by atoms with Gasteiger partial charge in [0.15, 0.2) is 0 Å². The molecule has 0 amide bonds. The van der Waals surface area contributed by atoms with Crippen LogP contribution >= 0.6 is 0 Å². The minimum atomic E-state index is -4.47. The number of pyridine rings is 1. The fourth-order valence-electron chi connectivity index (χ4n) is 1.32. The van der Waals surface area contributed by atoms with E-state index in [1.165, 1.54) is 13.3 Å². The Kier molecular flexibility index (Phi) is 4.95. The molecule has 0 bridgehead atoms. The molecule has 0 aromatic carbocycles. The quantitative estimate of drug-likeness (QED) is 0.764. The fourth-order valence-corrected chi connectivity index (χ4v) is 1.32. The van der Waals surface area contributed by atoms with Crippen LogP contribution in [-0.4, -0.2) is 25.3 Å². The Morgan fingerprint density at radius 2 is 1.94 bits per heavy atom. The van der Waals surface area contributed by atoms with E-state index in [0.29, 0.717) is 5.56 Å². The Hall–Kier alpha value is -1.30. The van der Waals surface area contributed by atoms with Gasteiger partial charge in [0.1, 0.15) is 12.2 Å².